The average molecular weight is 399 g/mol. The summed E-state index contributed by atoms with van der Waals surface area (Å²) in [7, 11) is 0. The molecule has 30 heavy (non-hydrogen) atoms. The lowest BCUT2D eigenvalue weighted by Gasteiger charge is -2.32. The molecule has 1 saturated heterocycles. The molecule has 0 unspecified atom stereocenters. The lowest BCUT2D eigenvalue weighted by Crippen LogP contribution is -2.39. The van der Waals surface area contributed by atoms with Crippen LogP contribution >= 0.6 is 0 Å². The number of amides is 1. The Morgan fingerprint density at radius 1 is 1.03 bits per heavy atom. The summed E-state index contributed by atoms with van der Waals surface area (Å²) < 4.78 is 0. The molecule has 1 aromatic carbocycles. The molecule has 6 nitrogen and oxygen atoms in total. The molecule has 0 spiro atoms. The van der Waals surface area contributed by atoms with Crippen molar-refractivity contribution in [2.75, 3.05) is 18.4 Å². The molecule has 3 heterocycles. The van der Waals surface area contributed by atoms with Gasteiger partial charge in [-0.15, -0.1) is 0 Å². The second-order valence-corrected chi connectivity index (χ2v) is 7.47. The van der Waals surface area contributed by atoms with Crippen molar-refractivity contribution in [3.8, 4) is 0 Å². The van der Waals surface area contributed by atoms with Crippen molar-refractivity contribution in [3.63, 3.8) is 0 Å². The van der Waals surface area contributed by atoms with Crippen LogP contribution in [-0.2, 0) is 11.2 Å². The zero-order valence-corrected chi connectivity index (χ0v) is 16.8. The fraction of sp³-hybridized carbons (Fsp3) is 0.250. The number of carbonyl (C=O) groups is 1. The van der Waals surface area contributed by atoms with Crippen LogP contribution in [0.1, 0.15) is 24.1 Å². The van der Waals surface area contributed by atoms with Crippen molar-refractivity contribution in [2.45, 2.75) is 19.3 Å². The largest absolute Gasteiger partial charge is 0.339 e. The number of hydrogen-bond donors (Lipinski definition) is 1. The zero-order chi connectivity index (χ0) is 20.6. The number of carbonyl (C=O) groups excluding carboxylic acids is 1. The van der Waals surface area contributed by atoms with E-state index in [4.69, 9.17) is 0 Å². The fourth-order valence-electron chi connectivity index (χ4n) is 3.66. The van der Waals surface area contributed by atoms with E-state index in [1.165, 1.54) is 0 Å². The second kappa shape index (κ2) is 9.78. The molecule has 2 aromatic heterocycles. The van der Waals surface area contributed by atoms with E-state index in [0.717, 1.165) is 49.4 Å². The normalized spacial score (nSPS) is 16.5. The number of likely N-dealkylation sites (tertiary alicyclic amines) is 1. The summed E-state index contributed by atoms with van der Waals surface area (Å²) in [6, 6.07) is 15.6. The first kappa shape index (κ1) is 19.8. The van der Waals surface area contributed by atoms with Crippen LogP contribution in [0, 0.1) is 5.92 Å². The van der Waals surface area contributed by atoms with E-state index in [1.807, 2.05) is 59.5 Å². The molecule has 1 amide bonds. The Hall–Kier alpha value is -3.54. The van der Waals surface area contributed by atoms with Gasteiger partial charge in [-0.2, -0.15) is 0 Å². The summed E-state index contributed by atoms with van der Waals surface area (Å²) >= 11 is 0. The van der Waals surface area contributed by atoms with Crippen LogP contribution in [0.25, 0.3) is 6.08 Å². The highest BCUT2D eigenvalue weighted by molar-refractivity contribution is 5.91. The third-order valence-corrected chi connectivity index (χ3v) is 5.17. The summed E-state index contributed by atoms with van der Waals surface area (Å²) in [6.07, 6.45) is 11.8. The van der Waals surface area contributed by atoms with E-state index in [2.05, 4.69) is 20.3 Å². The van der Waals surface area contributed by atoms with Gasteiger partial charge in [0.2, 0.25) is 5.91 Å². The summed E-state index contributed by atoms with van der Waals surface area (Å²) in [5.74, 6) is 1.88. The van der Waals surface area contributed by atoms with Gasteiger partial charge >= 0.3 is 0 Å². The molecule has 0 bridgehead atoms. The molecule has 1 fully saturated rings. The molecule has 152 valence electrons. The Morgan fingerprint density at radius 2 is 1.90 bits per heavy atom. The summed E-state index contributed by atoms with van der Waals surface area (Å²) in [4.78, 5) is 27.8. The summed E-state index contributed by atoms with van der Waals surface area (Å²) in [6.45, 7) is 1.57. The molecule has 1 aliphatic rings. The van der Waals surface area contributed by atoms with Crippen LogP contribution in [0.2, 0.25) is 0 Å². The number of nitrogens with one attached hydrogen (secondary N) is 1. The maximum absolute atomic E-state index is 12.6. The van der Waals surface area contributed by atoms with Gasteiger partial charge in [-0.3, -0.25) is 9.78 Å². The minimum absolute atomic E-state index is 0.0737. The molecular weight excluding hydrogens is 374 g/mol. The molecule has 1 N–H and O–H groups in total. The third-order valence-electron chi connectivity index (χ3n) is 5.17. The van der Waals surface area contributed by atoms with Crippen molar-refractivity contribution >= 4 is 23.6 Å². The van der Waals surface area contributed by atoms with Gasteiger partial charge in [0, 0.05) is 25.4 Å². The minimum atomic E-state index is 0.0737. The van der Waals surface area contributed by atoms with E-state index < -0.39 is 0 Å². The Bertz CT molecular complexity index is 973. The quantitative estimate of drug-likeness (QED) is 0.632. The molecule has 0 aliphatic carbocycles. The van der Waals surface area contributed by atoms with Gasteiger partial charge in [0.1, 0.15) is 11.6 Å². The van der Waals surface area contributed by atoms with Gasteiger partial charge < -0.3 is 10.2 Å². The van der Waals surface area contributed by atoms with E-state index in [1.54, 1.807) is 24.7 Å². The van der Waals surface area contributed by atoms with Crippen molar-refractivity contribution in [1.29, 1.82) is 0 Å². The topological polar surface area (TPSA) is 71.0 Å². The average Bonchev–Trinajstić information content (AvgIpc) is 2.80. The van der Waals surface area contributed by atoms with Crippen molar-refractivity contribution < 1.29 is 4.79 Å². The number of nitrogens with zero attached hydrogens (tertiary/aromatic N) is 4. The number of aromatic nitrogens is 3. The summed E-state index contributed by atoms with van der Waals surface area (Å²) in [5, 5.41) is 3.14. The number of piperidine rings is 1. The maximum atomic E-state index is 12.6. The number of hydrogen-bond acceptors (Lipinski definition) is 5. The van der Waals surface area contributed by atoms with Gasteiger partial charge in [-0.1, -0.05) is 36.4 Å². The molecule has 1 aliphatic heterocycles. The third kappa shape index (κ3) is 5.50. The SMILES string of the molecule is O=C(/C=C/c1ccccc1)N1CCC[C@H](Cc2cnc(Nc3ccccn3)cn2)C1. The molecule has 1 atom stereocenters. The van der Waals surface area contributed by atoms with Gasteiger partial charge in [-0.25, -0.2) is 9.97 Å². The Kier molecular flexibility index (Phi) is 6.44. The fourth-order valence-corrected chi connectivity index (χ4v) is 3.66. The van der Waals surface area contributed by atoms with Gasteiger partial charge in [0.15, 0.2) is 0 Å². The standard InChI is InChI=1S/C24H25N5O/c30-24(12-11-19-7-2-1-3-8-19)29-14-6-9-20(18-29)15-21-16-27-23(17-26-21)28-22-10-4-5-13-25-22/h1-5,7-8,10-13,16-17,20H,6,9,14-15,18H2,(H,25,27,28)/b12-11+/t20-/m1/s1. The first-order chi connectivity index (χ1) is 14.8. The van der Waals surface area contributed by atoms with E-state index in [9.17, 15) is 4.79 Å². The zero-order valence-electron chi connectivity index (χ0n) is 16.8. The number of benzene rings is 1. The lowest BCUT2D eigenvalue weighted by molar-refractivity contribution is -0.127. The van der Waals surface area contributed by atoms with Crippen LogP contribution in [0.4, 0.5) is 11.6 Å². The number of rotatable bonds is 6. The molecule has 4 rings (SSSR count). The van der Waals surface area contributed by atoms with Gasteiger partial charge in [-0.05, 0) is 49.0 Å². The minimum Gasteiger partial charge on any atom is -0.339 e. The van der Waals surface area contributed by atoms with Crippen LogP contribution in [0.3, 0.4) is 0 Å². The molecule has 3 aromatic rings. The molecule has 6 heteroatoms. The predicted molar refractivity (Wildman–Crippen MR) is 118 cm³/mol. The van der Waals surface area contributed by atoms with E-state index in [-0.39, 0.29) is 5.91 Å². The van der Waals surface area contributed by atoms with Gasteiger partial charge in [0.25, 0.3) is 0 Å². The monoisotopic (exact) mass is 399 g/mol. The number of anilines is 2. The van der Waals surface area contributed by atoms with Crippen LogP contribution in [-0.4, -0.2) is 38.8 Å². The van der Waals surface area contributed by atoms with E-state index in [0.29, 0.717) is 11.7 Å². The number of pyridine rings is 1. The molecule has 0 radical (unpaired) electrons. The van der Waals surface area contributed by atoms with Crippen molar-refractivity contribution in [1.82, 2.24) is 19.9 Å². The van der Waals surface area contributed by atoms with Gasteiger partial charge in [0.05, 0.1) is 18.1 Å². The highest BCUT2D eigenvalue weighted by Gasteiger charge is 2.23. The van der Waals surface area contributed by atoms with Crippen LogP contribution in [0.5, 0.6) is 0 Å². The highest BCUT2D eigenvalue weighted by atomic mass is 16.2. The van der Waals surface area contributed by atoms with Crippen LogP contribution < -0.4 is 5.32 Å². The van der Waals surface area contributed by atoms with Crippen molar-refractivity contribution in [3.05, 3.63) is 84.5 Å². The molecule has 0 saturated carbocycles. The predicted octanol–water partition coefficient (Wildman–Crippen LogP) is 4.11. The van der Waals surface area contributed by atoms with Crippen molar-refractivity contribution in [2.24, 2.45) is 5.92 Å². The smallest absolute Gasteiger partial charge is 0.246 e. The lowest BCUT2D eigenvalue weighted by atomic mass is 9.93. The maximum Gasteiger partial charge on any atom is 0.246 e. The first-order valence-corrected chi connectivity index (χ1v) is 10.3. The second-order valence-electron chi connectivity index (χ2n) is 7.47. The van der Waals surface area contributed by atoms with E-state index >= 15 is 0 Å². The highest BCUT2D eigenvalue weighted by Crippen LogP contribution is 2.21. The molecular formula is C24H25N5O. The summed E-state index contributed by atoms with van der Waals surface area (Å²) in [5.41, 5.74) is 1.98. The Balaban J connectivity index is 1.31. The van der Waals surface area contributed by atoms with Crippen LogP contribution in [0.15, 0.2) is 73.2 Å². The Labute approximate surface area is 176 Å². The Morgan fingerprint density at radius 3 is 2.67 bits per heavy atom. The first-order valence-electron chi connectivity index (χ1n) is 10.3.